The van der Waals surface area contributed by atoms with Crippen molar-refractivity contribution in [3.05, 3.63) is 34.6 Å². The maximum Gasteiger partial charge on any atom is 0.125 e. The van der Waals surface area contributed by atoms with Gasteiger partial charge in [-0.1, -0.05) is 18.0 Å². The van der Waals surface area contributed by atoms with Crippen LogP contribution in [-0.2, 0) is 0 Å². The number of likely N-dealkylation sites (tertiary alicyclic amines) is 1. The van der Waals surface area contributed by atoms with E-state index in [9.17, 15) is 4.39 Å². The molecule has 2 nitrogen and oxygen atoms in total. The lowest BCUT2D eigenvalue weighted by atomic mass is 9.92. The third-order valence-electron chi connectivity index (χ3n) is 4.02. The Kier molecular flexibility index (Phi) is 4.73. The summed E-state index contributed by atoms with van der Waals surface area (Å²) < 4.78 is 13.7. The van der Waals surface area contributed by atoms with Crippen LogP contribution in [0.1, 0.15) is 51.6 Å². The van der Waals surface area contributed by atoms with Crippen molar-refractivity contribution in [3.63, 3.8) is 0 Å². The lowest BCUT2D eigenvalue weighted by molar-refractivity contribution is 0.0754. The number of hydrogen-bond acceptors (Lipinski definition) is 2. The maximum absolute atomic E-state index is 13.7. The lowest BCUT2D eigenvalue weighted by Crippen LogP contribution is -2.49. The summed E-state index contributed by atoms with van der Waals surface area (Å²) in [4.78, 5) is 2.38. The number of rotatable bonds is 1. The molecule has 1 aliphatic rings. The standard InChI is InChI=1S/C16H24ClFN2/c1-16(2,3)20-7-5-4-6-14(19)15(20)11-8-12(17)10-13(18)9-11/h8-10,14-15H,4-7,19H2,1-3H3. The van der Waals surface area contributed by atoms with Crippen LogP contribution in [0.3, 0.4) is 0 Å². The van der Waals surface area contributed by atoms with Gasteiger partial charge in [-0.15, -0.1) is 0 Å². The molecule has 0 bridgehead atoms. The summed E-state index contributed by atoms with van der Waals surface area (Å²) in [5.74, 6) is -0.294. The van der Waals surface area contributed by atoms with Crippen molar-refractivity contribution in [2.24, 2.45) is 5.73 Å². The monoisotopic (exact) mass is 298 g/mol. The van der Waals surface area contributed by atoms with Gasteiger partial charge in [-0.2, -0.15) is 0 Å². The molecule has 1 fully saturated rings. The van der Waals surface area contributed by atoms with E-state index in [1.54, 1.807) is 6.07 Å². The lowest BCUT2D eigenvalue weighted by Gasteiger charge is -2.43. The Labute approximate surface area is 126 Å². The molecule has 0 amide bonds. The molecule has 4 heteroatoms. The van der Waals surface area contributed by atoms with Crippen LogP contribution in [0.2, 0.25) is 5.02 Å². The van der Waals surface area contributed by atoms with Gasteiger partial charge in [-0.3, -0.25) is 4.90 Å². The minimum atomic E-state index is -0.294. The molecule has 0 radical (unpaired) electrons. The van der Waals surface area contributed by atoms with Crippen LogP contribution in [0.4, 0.5) is 4.39 Å². The summed E-state index contributed by atoms with van der Waals surface area (Å²) >= 11 is 6.02. The number of benzene rings is 1. The van der Waals surface area contributed by atoms with E-state index < -0.39 is 0 Å². The molecule has 2 unspecified atom stereocenters. The van der Waals surface area contributed by atoms with Gasteiger partial charge >= 0.3 is 0 Å². The third-order valence-corrected chi connectivity index (χ3v) is 4.23. The van der Waals surface area contributed by atoms with Crippen molar-refractivity contribution in [3.8, 4) is 0 Å². The maximum atomic E-state index is 13.7. The zero-order valence-corrected chi connectivity index (χ0v) is 13.3. The van der Waals surface area contributed by atoms with Gasteiger partial charge in [0.05, 0.1) is 6.04 Å². The van der Waals surface area contributed by atoms with Crippen LogP contribution in [0.15, 0.2) is 18.2 Å². The normalized spacial score (nSPS) is 25.5. The summed E-state index contributed by atoms with van der Waals surface area (Å²) in [5, 5.41) is 0.435. The molecule has 1 aromatic rings. The van der Waals surface area contributed by atoms with Gasteiger partial charge in [0.15, 0.2) is 0 Å². The Bertz CT molecular complexity index is 450. The average Bonchev–Trinajstić information content (AvgIpc) is 2.48. The van der Waals surface area contributed by atoms with E-state index in [1.165, 1.54) is 6.07 Å². The van der Waals surface area contributed by atoms with Gasteiger partial charge in [-0.05, 0) is 63.9 Å². The molecule has 1 aliphatic heterocycles. The fourth-order valence-electron chi connectivity index (χ4n) is 3.12. The number of nitrogens with zero attached hydrogens (tertiary/aromatic N) is 1. The molecule has 1 aromatic carbocycles. The molecule has 20 heavy (non-hydrogen) atoms. The first-order valence-electron chi connectivity index (χ1n) is 7.27. The Morgan fingerprint density at radius 1 is 1.25 bits per heavy atom. The van der Waals surface area contributed by atoms with E-state index in [2.05, 4.69) is 25.7 Å². The highest BCUT2D eigenvalue weighted by Crippen LogP contribution is 2.35. The van der Waals surface area contributed by atoms with Crippen molar-refractivity contribution in [2.45, 2.75) is 57.7 Å². The fourth-order valence-corrected chi connectivity index (χ4v) is 3.35. The fraction of sp³-hybridized carbons (Fsp3) is 0.625. The summed E-state index contributed by atoms with van der Waals surface area (Å²) in [5.41, 5.74) is 7.27. The molecule has 0 aromatic heterocycles. The highest BCUT2D eigenvalue weighted by molar-refractivity contribution is 6.30. The number of hydrogen-bond donors (Lipinski definition) is 1. The van der Waals surface area contributed by atoms with Crippen LogP contribution in [0, 0.1) is 5.82 Å². The van der Waals surface area contributed by atoms with Gasteiger partial charge in [0, 0.05) is 16.6 Å². The van der Waals surface area contributed by atoms with Crippen LogP contribution >= 0.6 is 11.6 Å². The first-order valence-corrected chi connectivity index (χ1v) is 7.65. The number of nitrogens with two attached hydrogens (primary N) is 1. The van der Waals surface area contributed by atoms with E-state index in [0.717, 1.165) is 31.4 Å². The van der Waals surface area contributed by atoms with Crippen molar-refractivity contribution in [2.75, 3.05) is 6.54 Å². The van der Waals surface area contributed by atoms with E-state index in [-0.39, 0.29) is 23.4 Å². The van der Waals surface area contributed by atoms with E-state index in [4.69, 9.17) is 17.3 Å². The smallest absolute Gasteiger partial charge is 0.125 e. The molecule has 0 aliphatic carbocycles. The summed E-state index contributed by atoms with van der Waals surface area (Å²) in [6.45, 7) is 7.52. The molecule has 1 heterocycles. The average molecular weight is 299 g/mol. The Hall–Kier alpha value is -0.640. The highest BCUT2D eigenvalue weighted by Gasteiger charge is 2.35. The van der Waals surface area contributed by atoms with E-state index in [0.29, 0.717) is 5.02 Å². The van der Waals surface area contributed by atoms with Crippen LogP contribution in [0.5, 0.6) is 0 Å². The second-order valence-electron chi connectivity index (χ2n) is 6.67. The molecule has 2 rings (SSSR count). The molecular formula is C16H24ClFN2. The van der Waals surface area contributed by atoms with Gasteiger partial charge in [0.25, 0.3) is 0 Å². The number of halogens is 2. The molecule has 0 spiro atoms. The first-order chi connectivity index (χ1) is 9.29. The largest absolute Gasteiger partial charge is 0.326 e. The molecule has 112 valence electrons. The quantitative estimate of drug-likeness (QED) is 0.844. The SMILES string of the molecule is CC(C)(C)N1CCCCC(N)C1c1cc(F)cc(Cl)c1. The highest BCUT2D eigenvalue weighted by atomic mass is 35.5. The summed E-state index contributed by atoms with van der Waals surface area (Å²) in [7, 11) is 0. The topological polar surface area (TPSA) is 29.3 Å². The van der Waals surface area contributed by atoms with E-state index >= 15 is 0 Å². The van der Waals surface area contributed by atoms with Crippen LogP contribution < -0.4 is 5.73 Å². The Balaban J connectivity index is 2.45. The van der Waals surface area contributed by atoms with Gasteiger partial charge in [0.1, 0.15) is 5.82 Å². The predicted molar refractivity (Wildman–Crippen MR) is 82.4 cm³/mol. The minimum absolute atomic E-state index is 0.00851. The van der Waals surface area contributed by atoms with E-state index in [1.807, 2.05) is 6.07 Å². The first kappa shape index (κ1) is 15.7. The van der Waals surface area contributed by atoms with Gasteiger partial charge in [-0.25, -0.2) is 4.39 Å². The zero-order chi connectivity index (χ0) is 14.9. The molecule has 2 atom stereocenters. The predicted octanol–water partition coefficient (Wildman–Crippen LogP) is 4.13. The van der Waals surface area contributed by atoms with Gasteiger partial charge < -0.3 is 5.73 Å². The zero-order valence-electron chi connectivity index (χ0n) is 12.5. The molecule has 2 N–H and O–H groups in total. The summed E-state index contributed by atoms with van der Waals surface area (Å²) in [6.07, 6.45) is 3.21. The second kappa shape index (κ2) is 6.00. The van der Waals surface area contributed by atoms with Crippen LogP contribution in [-0.4, -0.2) is 23.0 Å². The molecular weight excluding hydrogens is 275 g/mol. The molecule has 0 saturated carbocycles. The molecule has 1 saturated heterocycles. The van der Waals surface area contributed by atoms with Crippen molar-refractivity contribution in [1.82, 2.24) is 4.90 Å². The third kappa shape index (κ3) is 3.51. The Morgan fingerprint density at radius 3 is 2.55 bits per heavy atom. The van der Waals surface area contributed by atoms with Crippen molar-refractivity contribution in [1.29, 1.82) is 0 Å². The van der Waals surface area contributed by atoms with Crippen molar-refractivity contribution >= 4 is 11.6 Å². The van der Waals surface area contributed by atoms with Crippen molar-refractivity contribution < 1.29 is 4.39 Å². The van der Waals surface area contributed by atoms with Gasteiger partial charge in [0.2, 0.25) is 0 Å². The summed E-state index contributed by atoms with van der Waals surface area (Å²) in [6, 6.07) is 4.79. The van der Waals surface area contributed by atoms with Crippen LogP contribution in [0.25, 0.3) is 0 Å². The minimum Gasteiger partial charge on any atom is -0.326 e. The Morgan fingerprint density at radius 2 is 1.95 bits per heavy atom. The second-order valence-corrected chi connectivity index (χ2v) is 7.11.